The smallest absolute Gasteiger partial charge is 0.150 e. The molecule has 0 unspecified atom stereocenters. The molecule has 0 N–H and O–H groups in total. The lowest BCUT2D eigenvalue weighted by Crippen LogP contribution is -2.02. The quantitative estimate of drug-likeness (QED) is 0.529. The number of methoxy groups -OCH3 is 1. The van der Waals surface area contributed by atoms with Crippen molar-refractivity contribution in [1.29, 1.82) is 0 Å². The molecular weight excluding hydrogens is 232 g/mol. The van der Waals surface area contributed by atoms with Gasteiger partial charge >= 0.3 is 0 Å². The summed E-state index contributed by atoms with van der Waals surface area (Å²) >= 11 is 0. The number of rotatable bonds is 8. The molecule has 0 fully saturated rings. The third-order valence-corrected chi connectivity index (χ3v) is 1.89. The molecule has 0 amide bonds. The third kappa shape index (κ3) is 11.5. The fourth-order valence-electron chi connectivity index (χ4n) is 1.11. The van der Waals surface area contributed by atoms with Crippen LogP contribution in [-0.4, -0.2) is 33.9 Å². The molecule has 0 heterocycles. The second-order valence-electron chi connectivity index (χ2n) is 3.34. The van der Waals surface area contributed by atoms with Crippen molar-refractivity contribution in [3.8, 4) is 0 Å². The van der Waals surface area contributed by atoms with Crippen molar-refractivity contribution in [2.24, 2.45) is 0 Å². The van der Waals surface area contributed by atoms with Crippen LogP contribution in [0.1, 0.15) is 19.4 Å². The minimum Gasteiger partial charge on any atom is -0.382 e. The molecule has 0 atom stereocenters. The Kier molecular flexibility index (Phi) is 13.4. The van der Waals surface area contributed by atoms with Crippen molar-refractivity contribution in [2.75, 3.05) is 33.9 Å². The Balaban J connectivity index is 0.000000494. The maximum absolute atomic E-state index is 5.22. The Morgan fingerprint density at radius 1 is 0.833 bits per heavy atom. The van der Waals surface area contributed by atoms with E-state index >= 15 is 0 Å². The summed E-state index contributed by atoms with van der Waals surface area (Å²) < 4.78 is 19.7. The highest BCUT2D eigenvalue weighted by atomic mass is 16.7. The van der Waals surface area contributed by atoms with Crippen LogP contribution < -0.4 is 0 Å². The van der Waals surface area contributed by atoms with Gasteiger partial charge in [0.25, 0.3) is 0 Å². The average molecular weight is 256 g/mol. The molecule has 0 saturated carbocycles. The van der Waals surface area contributed by atoms with Crippen LogP contribution in [0.2, 0.25) is 0 Å². The SMILES string of the molecule is CCOCC.COCOCOCc1ccccc1. The highest BCUT2D eigenvalue weighted by molar-refractivity contribution is 5.13. The molecule has 0 bridgehead atoms. The lowest BCUT2D eigenvalue weighted by atomic mass is 10.2. The minimum atomic E-state index is 0.267. The Bertz CT molecular complexity index is 249. The Labute approximate surface area is 110 Å². The molecule has 1 aromatic carbocycles. The van der Waals surface area contributed by atoms with Crippen LogP contribution >= 0.6 is 0 Å². The first-order chi connectivity index (χ1) is 8.85. The Morgan fingerprint density at radius 3 is 2.00 bits per heavy atom. The van der Waals surface area contributed by atoms with E-state index in [2.05, 4.69) is 0 Å². The summed E-state index contributed by atoms with van der Waals surface area (Å²) in [6.45, 7) is 6.78. The molecule has 4 heteroatoms. The molecule has 0 saturated heterocycles. The third-order valence-electron chi connectivity index (χ3n) is 1.89. The van der Waals surface area contributed by atoms with Gasteiger partial charge in [-0.05, 0) is 19.4 Å². The standard InChI is InChI=1S/C10H14O3.C4H10O/c1-11-8-13-9-12-7-10-5-3-2-4-6-10;1-3-5-4-2/h2-6H,7-9H2,1H3;3-4H2,1-2H3. The van der Waals surface area contributed by atoms with E-state index in [-0.39, 0.29) is 13.6 Å². The molecule has 1 aromatic rings. The van der Waals surface area contributed by atoms with Gasteiger partial charge in [0.2, 0.25) is 0 Å². The van der Waals surface area contributed by atoms with E-state index in [9.17, 15) is 0 Å². The first-order valence-electron chi connectivity index (χ1n) is 6.11. The van der Waals surface area contributed by atoms with Crippen molar-refractivity contribution in [2.45, 2.75) is 20.5 Å². The molecule has 0 aliphatic rings. The van der Waals surface area contributed by atoms with E-state index in [1.165, 1.54) is 0 Å². The molecule has 0 aliphatic heterocycles. The van der Waals surface area contributed by atoms with Crippen molar-refractivity contribution in [3.05, 3.63) is 35.9 Å². The number of ether oxygens (including phenoxy) is 4. The molecule has 4 nitrogen and oxygen atoms in total. The lowest BCUT2D eigenvalue weighted by molar-refractivity contribution is -0.124. The summed E-state index contributed by atoms with van der Waals surface area (Å²) in [6, 6.07) is 9.96. The van der Waals surface area contributed by atoms with Gasteiger partial charge < -0.3 is 18.9 Å². The van der Waals surface area contributed by atoms with Crippen molar-refractivity contribution in [3.63, 3.8) is 0 Å². The molecule has 1 rings (SSSR count). The summed E-state index contributed by atoms with van der Waals surface area (Å²) in [5, 5.41) is 0. The van der Waals surface area contributed by atoms with Crippen LogP contribution in [0.3, 0.4) is 0 Å². The predicted molar refractivity (Wildman–Crippen MR) is 71.2 cm³/mol. The summed E-state index contributed by atoms with van der Waals surface area (Å²) in [5.41, 5.74) is 1.14. The topological polar surface area (TPSA) is 36.9 Å². The van der Waals surface area contributed by atoms with Crippen LogP contribution in [0.15, 0.2) is 30.3 Å². The maximum Gasteiger partial charge on any atom is 0.150 e. The molecule has 104 valence electrons. The highest BCUT2D eigenvalue weighted by Gasteiger charge is 1.90. The fraction of sp³-hybridized carbons (Fsp3) is 0.571. The van der Waals surface area contributed by atoms with E-state index in [0.29, 0.717) is 6.61 Å². The van der Waals surface area contributed by atoms with E-state index in [1.807, 2.05) is 44.2 Å². The van der Waals surface area contributed by atoms with Gasteiger partial charge in [0, 0.05) is 20.3 Å². The highest BCUT2D eigenvalue weighted by Crippen LogP contribution is 1.99. The summed E-state index contributed by atoms with van der Waals surface area (Å²) in [4.78, 5) is 0. The van der Waals surface area contributed by atoms with Gasteiger partial charge in [-0.15, -0.1) is 0 Å². The van der Waals surface area contributed by atoms with Crippen molar-refractivity contribution < 1.29 is 18.9 Å². The Hall–Kier alpha value is -0.940. The fourth-order valence-corrected chi connectivity index (χ4v) is 1.11. The van der Waals surface area contributed by atoms with Gasteiger partial charge in [0.15, 0.2) is 0 Å². The van der Waals surface area contributed by atoms with Gasteiger partial charge in [-0.1, -0.05) is 30.3 Å². The van der Waals surface area contributed by atoms with E-state index in [4.69, 9.17) is 18.9 Å². The zero-order chi connectivity index (χ0) is 13.5. The predicted octanol–water partition coefficient (Wildman–Crippen LogP) is 2.82. The molecule has 0 radical (unpaired) electrons. The minimum absolute atomic E-state index is 0.267. The van der Waals surface area contributed by atoms with E-state index in [0.717, 1.165) is 18.8 Å². The van der Waals surface area contributed by atoms with Gasteiger partial charge in [-0.3, -0.25) is 0 Å². The molecule has 18 heavy (non-hydrogen) atoms. The molecule has 0 spiro atoms. The van der Waals surface area contributed by atoms with Crippen molar-refractivity contribution in [1.82, 2.24) is 0 Å². The molecular formula is C14H24O4. The van der Waals surface area contributed by atoms with Crippen LogP contribution in [-0.2, 0) is 25.6 Å². The zero-order valence-electron chi connectivity index (χ0n) is 11.6. The van der Waals surface area contributed by atoms with Gasteiger partial charge in [-0.2, -0.15) is 0 Å². The summed E-state index contributed by atoms with van der Waals surface area (Å²) in [7, 11) is 1.58. The molecule has 0 aliphatic carbocycles. The van der Waals surface area contributed by atoms with Gasteiger partial charge in [-0.25, -0.2) is 0 Å². The summed E-state index contributed by atoms with van der Waals surface area (Å²) in [5.74, 6) is 0. The number of hydrogen-bond donors (Lipinski definition) is 0. The average Bonchev–Trinajstić information content (AvgIpc) is 2.41. The van der Waals surface area contributed by atoms with Crippen LogP contribution in [0, 0.1) is 0 Å². The van der Waals surface area contributed by atoms with Crippen LogP contribution in [0.5, 0.6) is 0 Å². The van der Waals surface area contributed by atoms with E-state index < -0.39 is 0 Å². The van der Waals surface area contributed by atoms with Gasteiger partial charge in [0.1, 0.15) is 13.6 Å². The maximum atomic E-state index is 5.22. The van der Waals surface area contributed by atoms with Crippen LogP contribution in [0.4, 0.5) is 0 Å². The zero-order valence-corrected chi connectivity index (χ0v) is 11.6. The normalized spacial score (nSPS) is 9.72. The van der Waals surface area contributed by atoms with E-state index in [1.54, 1.807) is 7.11 Å². The van der Waals surface area contributed by atoms with Gasteiger partial charge in [0.05, 0.1) is 6.61 Å². The number of benzene rings is 1. The second kappa shape index (κ2) is 14.1. The summed E-state index contributed by atoms with van der Waals surface area (Å²) in [6.07, 6.45) is 0. The van der Waals surface area contributed by atoms with Crippen LogP contribution in [0.25, 0.3) is 0 Å². The largest absolute Gasteiger partial charge is 0.382 e. The first-order valence-corrected chi connectivity index (χ1v) is 6.11. The first kappa shape index (κ1) is 17.1. The number of hydrogen-bond acceptors (Lipinski definition) is 4. The van der Waals surface area contributed by atoms with Crippen molar-refractivity contribution >= 4 is 0 Å². The lowest BCUT2D eigenvalue weighted by Gasteiger charge is -2.04. The Morgan fingerprint density at radius 2 is 1.50 bits per heavy atom. The second-order valence-corrected chi connectivity index (χ2v) is 3.34. The monoisotopic (exact) mass is 256 g/mol. The molecule has 0 aromatic heterocycles.